The topological polar surface area (TPSA) is 0 Å². The average molecular weight is 456 g/mol. The van der Waals surface area contributed by atoms with E-state index in [2.05, 4.69) is 89.2 Å². The van der Waals surface area contributed by atoms with E-state index in [0.29, 0.717) is 11.8 Å². The molecule has 0 fully saturated rings. The van der Waals surface area contributed by atoms with Gasteiger partial charge in [0.15, 0.2) is 0 Å². The van der Waals surface area contributed by atoms with Crippen molar-refractivity contribution in [3.05, 3.63) is 93.6 Å². The van der Waals surface area contributed by atoms with E-state index in [-0.39, 0.29) is 58.9 Å². The maximum atomic E-state index is 3.73. The van der Waals surface area contributed by atoms with E-state index in [1.807, 2.05) is 0 Å². The van der Waals surface area contributed by atoms with E-state index in [1.165, 1.54) is 39.0 Å². The first-order valence-corrected chi connectivity index (χ1v) is 8.38. The largest absolute Gasteiger partial charge is 4.00 e. The fourth-order valence-electron chi connectivity index (χ4n) is 3.62. The van der Waals surface area contributed by atoms with Crippen LogP contribution in [-0.4, -0.2) is 0 Å². The van der Waals surface area contributed by atoms with Gasteiger partial charge in [-0.1, -0.05) is 79.4 Å². The molecule has 0 N–H and O–H groups in total. The summed E-state index contributed by atoms with van der Waals surface area (Å²) in [5, 5.41) is 0. The van der Waals surface area contributed by atoms with Gasteiger partial charge in [0.05, 0.1) is 0 Å². The normalized spacial score (nSPS) is 15.2. The van der Waals surface area contributed by atoms with Crippen LogP contribution in [0.25, 0.3) is 0 Å². The number of aryl methyl sites for hydroxylation is 2. The predicted molar refractivity (Wildman–Crippen MR) is 98.5 cm³/mol. The van der Waals surface area contributed by atoms with Crippen molar-refractivity contribution in [3.8, 4) is 0 Å². The molecule has 0 amide bonds. The van der Waals surface area contributed by atoms with Gasteiger partial charge >= 0.3 is 21.7 Å². The Morgan fingerprint density at radius 1 is 0.741 bits per heavy atom. The van der Waals surface area contributed by atoms with Crippen LogP contribution in [0.5, 0.6) is 0 Å². The van der Waals surface area contributed by atoms with Crippen LogP contribution < -0.4 is 37.2 Å². The SMILES string of the molecule is CC1=[C-]C(C(c2cccc(C)c2)c2cccc(C)c2)C(C)=C1C.[Cl-].[Cl-].[Cl-].[Ti+4]. The number of benzene rings is 2. The Morgan fingerprint density at radius 3 is 1.52 bits per heavy atom. The first kappa shape index (κ1) is 28.7. The van der Waals surface area contributed by atoms with Crippen LogP contribution in [0.15, 0.2) is 65.3 Å². The third kappa shape index (κ3) is 6.24. The molecule has 1 aliphatic rings. The zero-order valence-corrected chi connectivity index (χ0v) is 20.2. The van der Waals surface area contributed by atoms with Gasteiger partial charge in [0.25, 0.3) is 0 Å². The summed E-state index contributed by atoms with van der Waals surface area (Å²) in [5.74, 6) is 0.667. The first-order chi connectivity index (χ1) is 11.0. The van der Waals surface area contributed by atoms with Crippen molar-refractivity contribution in [1.82, 2.24) is 0 Å². The second-order valence-corrected chi connectivity index (χ2v) is 6.86. The summed E-state index contributed by atoms with van der Waals surface area (Å²) in [7, 11) is 0. The van der Waals surface area contributed by atoms with Gasteiger partial charge < -0.3 is 37.2 Å². The third-order valence-electron chi connectivity index (χ3n) is 5.13. The minimum absolute atomic E-state index is 0. The molecule has 0 radical (unpaired) electrons. The van der Waals surface area contributed by atoms with E-state index < -0.39 is 0 Å². The summed E-state index contributed by atoms with van der Waals surface area (Å²) in [5.41, 5.74) is 9.56. The summed E-state index contributed by atoms with van der Waals surface area (Å²) in [6.45, 7) is 11.0. The molecule has 2 aromatic carbocycles. The summed E-state index contributed by atoms with van der Waals surface area (Å²) in [4.78, 5) is 0. The molecule has 0 nitrogen and oxygen atoms in total. The van der Waals surface area contributed by atoms with Crippen molar-refractivity contribution in [1.29, 1.82) is 0 Å². The molecule has 2 aromatic rings. The Kier molecular flexibility index (Phi) is 12.9. The first-order valence-electron chi connectivity index (χ1n) is 8.38. The van der Waals surface area contributed by atoms with E-state index >= 15 is 0 Å². The van der Waals surface area contributed by atoms with Crippen LogP contribution in [0.2, 0.25) is 0 Å². The smallest absolute Gasteiger partial charge is 1.00 e. The molecule has 0 heterocycles. The Morgan fingerprint density at radius 2 is 1.19 bits per heavy atom. The standard InChI is InChI=1S/C23H25.3ClH.Ti/c1-15-8-6-10-20(12-15)23(21-11-7-9-16(2)13-21)22-14-17(3)18(4)19(22)5;;;;/h6-13,22-23H,1-5H3;3*1H;/q-1;;;;+4/p-3. The Bertz CT molecular complexity index is 763. The number of rotatable bonds is 3. The molecular weight excluding hydrogens is 430 g/mol. The van der Waals surface area contributed by atoms with Gasteiger partial charge in [-0.15, -0.1) is 6.92 Å². The van der Waals surface area contributed by atoms with Crippen LogP contribution in [0.4, 0.5) is 0 Å². The average Bonchev–Trinajstić information content (AvgIpc) is 2.76. The summed E-state index contributed by atoms with van der Waals surface area (Å²) in [6.07, 6.45) is 3.73. The molecular formula is C23H25Cl3Ti. The third-order valence-corrected chi connectivity index (χ3v) is 5.13. The molecule has 3 rings (SSSR count). The van der Waals surface area contributed by atoms with Gasteiger partial charge in [-0.25, -0.2) is 5.57 Å². The van der Waals surface area contributed by atoms with Gasteiger partial charge in [0.1, 0.15) is 0 Å². The van der Waals surface area contributed by atoms with Gasteiger partial charge in [0.2, 0.25) is 0 Å². The Labute approximate surface area is 198 Å². The van der Waals surface area contributed by atoms with Crippen molar-refractivity contribution in [3.63, 3.8) is 0 Å². The second-order valence-electron chi connectivity index (χ2n) is 6.86. The Hall–Kier alpha value is -0.496. The van der Waals surface area contributed by atoms with E-state index in [4.69, 9.17) is 0 Å². The molecule has 1 unspecified atom stereocenters. The Balaban J connectivity index is 0. The minimum atomic E-state index is 0. The zero-order valence-electron chi connectivity index (χ0n) is 16.4. The summed E-state index contributed by atoms with van der Waals surface area (Å²) >= 11 is 0. The van der Waals surface area contributed by atoms with Crippen molar-refractivity contribution >= 4 is 0 Å². The molecule has 1 atom stereocenters. The number of allylic oxidation sites excluding steroid dienone is 4. The van der Waals surface area contributed by atoms with E-state index in [1.54, 1.807) is 0 Å². The molecule has 142 valence electrons. The van der Waals surface area contributed by atoms with Crippen LogP contribution >= 0.6 is 0 Å². The number of hydrogen-bond acceptors (Lipinski definition) is 0. The van der Waals surface area contributed by atoms with Crippen LogP contribution in [0.1, 0.15) is 48.9 Å². The van der Waals surface area contributed by atoms with Crippen LogP contribution in [-0.2, 0) is 21.7 Å². The van der Waals surface area contributed by atoms with E-state index in [9.17, 15) is 0 Å². The van der Waals surface area contributed by atoms with Crippen LogP contribution in [0, 0.1) is 25.8 Å². The summed E-state index contributed by atoms with van der Waals surface area (Å²) in [6, 6.07) is 17.9. The molecule has 0 aliphatic heterocycles. The monoisotopic (exact) mass is 454 g/mol. The van der Waals surface area contributed by atoms with Crippen molar-refractivity contribution in [2.24, 2.45) is 5.92 Å². The second kappa shape index (κ2) is 12.1. The van der Waals surface area contributed by atoms with Crippen molar-refractivity contribution < 1.29 is 58.9 Å². The fourth-order valence-corrected chi connectivity index (χ4v) is 3.62. The van der Waals surface area contributed by atoms with E-state index in [0.717, 1.165) is 0 Å². The maximum Gasteiger partial charge on any atom is 4.00 e. The van der Waals surface area contributed by atoms with Gasteiger partial charge in [-0.2, -0.15) is 11.1 Å². The van der Waals surface area contributed by atoms with Crippen LogP contribution in [0.3, 0.4) is 0 Å². The molecule has 0 aromatic heterocycles. The fraction of sp³-hybridized carbons (Fsp3) is 0.304. The van der Waals surface area contributed by atoms with Crippen molar-refractivity contribution in [2.75, 3.05) is 0 Å². The maximum absolute atomic E-state index is 3.73. The number of hydrogen-bond donors (Lipinski definition) is 0. The summed E-state index contributed by atoms with van der Waals surface area (Å²) < 4.78 is 0. The van der Waals surface area contributed by atoms with Crippen molar-refractivity contribution in [2.45, 2.75) is 40.5 Å². The molecule has 0 saturated carbocycles. The molecule has 1 aliphatic carbocycles. The molecule has 27 heavy (non-hydrogen) atoms. The molecule has 0 spiro atoms. The molecule has 0 bridgehead atoms. The number of halogens is 3. The van der Waals surface area contributed by atoms with Gasteiger partial charge in [0, 0.05) is 5.92 Å². The molecule has 0 saturated heterocycles. The van der Waals surface area contributed by atoms with Gasteiger partial charge in [-0.05, 0) is 25.0 Å². The zero-order chi connectivity index (χ0) is 16.6. The predicted octanol–water partition coefficient (Wildman–Crippen LogP) is -2.84. The molecule has 4 heteroatoms. The minimum Gasteiger partial charge on any atom is -1.00 e. The van der Waals surface area contributed by atoms with Gasteiger partial charge in [-0.3, -0.25) is 6.08 Å². The quantitative estimate of drug-likeness (QED) is 0.346.